The molecule has 5 nitrogen and oxygen atoms in total. The van der Waals surface area contributed by atoms with E-state index in [1.54, 1.807) is 12.1 Å². The molecule has 1 N–H and O–H groups in total. The smallest absolute Gasteiger partial charge is 0.180 e. The van der Waals surface area contributed by atoms with E-state index >= 15 is 0 Å². The molecule has 0 fully saturated rings. The number of hydrogen-bond donors (Lipinski definition) is 1. The van der Waals surface area contributed by atoms with E-state index in [2.05, 4.69) is 20.9 Å². The molecule has 0 heterocycles. The summed E-state index contributed by atoms with van der Waals surface area (Å²) in [5.41, 5.74) is 0.928. The van der Waals surface area contributed by atoms with Crippen LogP contribution in [0.2, 0.25) is 0 Å². The molecule has 1 rings (SSSR count). The third-order valence-electron chi connectivity index (χ3n) is 5.75. The van der Waals surface area contributed by atoms with Crippen LogP contribution in [0, 0.1) is 6.92 Å². The van der Waals surface area contributed by atoms with E-state index in [0.29, 0.717) is 6.73 Å². The van der Waals surface area contributed by atoms with E-state index in [1.165, 1.54) is 89.2 Å². The van der Waals surface area contributed by atoms with Gasteiger partial charge in [0.05, 0.1) is 25.0 Å². The van der Waals surface area contributed by atoms with Crippen LogP contribution in [0.4, 0.5) is 0 Å². The number of nitrogens with zero attached hydrogens (tertiary/aromatic N) is 1. The molecule has 0 radical (unpaired) electrons. The van der Waals surface area contributed by atoms with Gasteiger partial charge in [0.25, 0.3) is 0 Å². The van der Waals surface area contributed by atoms with E-state index in [4.69, 9.17) is 0 Å². The number of rotatable bonds is 16. The molecule has 31 heavy (non-hydrogen) atoms. The minimum Gasteiger partial charge on any atom is -0.744 e. The van der Waals surface area contributed by atoms with Gasteiger partial charge in [0.1, 0.15) is 10.1 Å². The molecule has 0 saturated heterocycles. The van der Waals surface area contributed by atoms with Crippen LogP contribution in [0.5, 0.6) is 0 Å². The summed E-state index contributed by atoms with van der Waals surface area (Å²) in [6, 6.07) is 5.78. The van der Waals surface area contributed by atoms with E-state index in [0.717, 1.165) is 23.1 Å². The number of benzene rings is 1. The Labute approximate surface area is 192 Å². The number of aryl methyl sites for hydroxylation is 1. The maximum atomic E-state index is 10.4. The molecule has 6 heteroatoms. The SMILES string of the molecule is CCCCCCCC[N+](C)(CO)CCCCCCCC.Cc1ccc(S(=O)(=O)[O-])cc1. The van der Waals surface area contributed by atoms with Crippen LogP contribution in [0.25, 0.3) is 0 Å². The Bertz CT molecular complexity index is 628. The summed E-state index contributed by atoms with van der Waals surface area (Å²) in [5, 5.41) is 9.64. The van der Waals surface area contributed by atoms with Gasteiger partial charge in [-0.3, -0.25) is 0 Å². The van der Waals surface area contributed by atoms with Gasteiger partial charge in [-0.2, -0.15) is 0 Å². The Morgan fingerprint density at radius 3 is 1.52 bits per heavy atom. The lowest BCUT2D eigenvalue weighted by Gasteiger charge is -2.32. The Kier molecular flexibility index (Phi) is 17.0. The molecule has 1 aromatic rings. The van der Waals surface area contributed by atoms with Crippen molar-refractivity contribution in [3.63, 3.8) is 0 Å². The fourth-order valence-electron chi connectivity index (χ4n) is 3.51. The quantitative estimate of drug-likeness (QED) is 0.143. The summed E-state index contributed by atoms with van der Waals surface area (Å²) < 4.78 is 32.0. The first-order valence-corrected chi connectivity index (χ1v) is 13.6. The van der Waals surface area contributed by atoms with Crippen LogP contribution in [-0.4, -0.2) is 49.4 Å². The average Bonchev–Trinajstić information content (AvgIpc) is 2.73. The Hall–Kier alpha value is -0.950. The molecule has 0 aromatic heterocycles. The summed E-state index contributed by atoms with van der Waals surface area (Å²) in [6.45, 7) is 8.96. The molecule has 0 aliphatic carbocycles. The van der Waals surface area contributed by atoms with Crippen LogP contribution in [-0.2, 0) is 10.1 Å². The van der Waals surface area contributed by atoms with Crippen molar-refractivity contribution in [2.75, 3.05) is 26.9 Å². The zero-order valence-corrected chi connectivity index (χ0v) is 21.3. The van der Waals surface area contributed by atoms with Crippen molar-refractivity contribution in [2.24, 2.45) is 0 Å². The maximum absolute atomic E-state index is 10.4. The molecule has 0 spiro atoms. The lowest BCUT2D eigenvalue weighted by Crippen LogP contribution is -2.46. The van der Waals surface area contributed by atoms with Gasteiger partial charge in [-0.1, -0.05) is 82.9 Å². The monoisotopic (exact) mass is 457 g/mol. The van der Waals surface area contributed by atoms with Crippen LogP contribution in [0.1, 0.15) is 96.5 Å². The van der Waals surface area contributed by atoms with E-state index in [9.17, 15) is 18.1 Å². The second-order valence-electron chi connectivity index (χ2n) is 9.01. The van der Waals surface area contributed by atoms with Crippen LogP contribution in [0.3, 0.4) is 0 Å². The average molecular weight is 458 g/mol. The molecule has 0 bridgehead atoms. The Balaban J connectivity index is 0.000000683. The van der Waals surface area contributed by atoms with Gasteiger partial charge in [0, 0.05) is 0 Å². The summed E-state index contributed by atoms with van der Waals surface area (Å²) in [6.07, 6.45) is 16.1. The minimum absolute atomic E-state index is 0.178. The van der Waals surface area contributed by atoms with Gasteiger partial charge in [-0.05, 0) is 44.7 Å². The number of unbranched alkanes of at least 4 members (excludes halogenated alkanes) is 10. The third kappa shape index (κ3) is 16.4. The zero-order valence-electron chi connectivity index (χ0n) is 20.4. The molecule has 0 aliphatic heterocycles. The van der Waals surface area contributed by atoms with Crippen molar-refractivity contribution in [2.45, 2.75) is 103 Å². The van der Waals surface area contributed by atoms with Crippen molar-refractivity contribution in [3.05, 3.63) is 29.8 Å². The van der Waals surface area contributed by atoms with Crippen LogP contribution in [0.15, 0.2) is 29.2 Å². The summed E-state index contributed by atoms with van der Waals surface area (Å²) in [4.78, 5) is -0.178. The second kappa shape index (κ2) is 17.6. The largest absolute Gasteiger partial charge is 0.744 e. The molecule has 1 aromatic carbocycles. The maximum Gasteiger partial charge on any atom is 0.180 e. The second-order valence-corrected chi connectivity index (χ2v) is 10.4. The molecular formula is C25H47NO4S. The molecule has 0 saturated carbocycles. The molecule has 0 aliphatic rings. The minimum atomic E-state index is -4.27. The van der Waals surface area contributed by atoms with Crippen LogP contribution < -0.4 is 0 Å². The van der Waals surface area contributed by atoms with Gasteiger partial charge >= 0.3 is 0 Å². The third-order valence-corrected chi connectivity index (χ3v) is 6.60. The van der Waals surface area contributed by atoms with Gasteiger partial charge < -0.3 is 14.1 Å². The highest BCUT2D eigenvalue weighted by Crippen LogP contribution is 2.13. The molecule has 0 unspecified atom stereocenters. The van der Waals surface area contributed by atoms with Crippen molar-refractivity contribution >= 4 is 10.1 Å². The van der Waals surface area contributed by atoms with Crippen molar-refractivity contribution in [3.8, 4) is 0 Å². The number of hydrogen-bond acceptors (Lipinski definition) is 4. The summed E-state index contributed by atoms with van der Waals surface area (Å²) >= 11 is 0. The van der Waals surface area contributed by atoms with Crippen LogP contribution >= 0.6 is 0 Å². The highest BCUT2D eigenvalue weighted by atomic mass is 32.2. The van der Waals surface area contributed by atoms with E-state index < -0.39 is 10.1 Å². The first-order chi connectivity index (χ1) is 14.7. The lowest BCUT2D eigenvalue weighted by atomic mass is 10.1. The molecular weight excluding hydrogens is 410 g/mol. The van der Waals surface area contributed by atoms with Gasteiger partial charge in [0.15, 0.2) is 6.73 Å². The highest BCUT2D eigenvalue weighted by molar-refractivity contribution is 7.85. The lowest BCUT2D eigenvalue weighted by molar-refractivity contribution is -0.927. The predicted octanol–water partition coefficient (Wildman–Crippen LogP) is 6.00. The highest BCUT2D eigenvalue weighted by Gasteiger charge is 2.18. The standard InChI is InChI=1S/C18H40NO.C7H8O3S/c1-4-6-8-10-12-14-16-19(3,18-20)17-15-13-11-9-7-5-2;1-6-2-4-7(5-3-6)11(8,9)10/h20H,4-18H2,1-3H3;2-5H,1H3,(H,8,9,10)/q+1;/p-1. The topological polar surface area (TPSA) is 77.4 Å². The van der Waals surface area contributed by atoms with Gasteiger partial charge in [0.2, 0.25) is 0 Å². The first kappa shape index (κ1) is 30.0. The summed E-state index contributed by atoms with van der Waals surface area (Å²) in [5.74, 6) is 0. The molecule has 0 atom stereocenters. The predicted molar refractivity (Wildman–Crippen MR) is 129 cm³/mol. The fourth-order valence-corrected chi connectivity index (χ4v) is 3.98. The Morgan fingerprint density at radius 2 is 1.16 bits per heavy atom. The van der Waals surface area contributed by atoms with Crippen molar-refractivity contribution < 1.29 is 22.6 Å². The first-order valence-electron chi connectivity index (χ1n) is 12.2. The number of quaternary nitrogens is 1. The normalized spacial score (nSPS) is 11.8. The fraction of sp³-hybridized carbons (Fsp3) is 0.760. The Morgan fingerprint density at radius 1 is 0.774 bits per heavy atom. The van der Waals surface area contributed by atoms with Gasteiger partial charge in [-0.15, -0.1) is 0 Å². The van der Waals surface area contributed by atoms with Gasteiger partial charge in [-0.25, -0.2) is 8.42 Å². The molecule has 182 valence electrons. The number of aliphatic hydroxyl groups is 1. The van der Waals surface area contributed by atoms with E-state index in [1.807, 2.05) is 6.92 Å². The number of aliphatic hydroxyl groups excluding tert-OH is 1. The summed E-state index contributed by atoms with van der Waals surface area (Å²) in [7, 11) is -2.05. The van der Waals surface area contributed by atoms with E-state index in [-0.39, 0.29) is 4.90 Å². The van der Waals surface area contributed by atoms with Crippen molar-refractivity contribution in [1.29, 1.82) is 0 Å². The molecule has 0 amide bonds. The van der Waals surface area contributed by atoms with Crippen molar-refractivity contribution in [1.82, 2.24) is 0 Å². The zero-order chi connectivity index (χ0) is 23.6.